The van der Waals surface area contributed by atoms with Crippen LogP contribution >= 0.6 is 0 Å². The number of fused-ring (bicyclic) bond motifs is 3. The maximum atomic E-state index is 11.9. The second-order valence-corrected chi connectivity index (χ2v) is 8.36. The number of hydrogen-bond donors (Lipinski definition) is 0. The average molecular weight is 310 g/mol. The van der Waals surface area contributed by atoms with Crippen molar-refractivity contribution in [2.75, 3.05) is 6.61 Å². The van der Waals surface area contributed by atoms with Gasteiger partial charge in [0.15, 0.2) is 0 Å². The van der Waals surface area contributed by atoms with Crippen LogP contribution in [0.4, 0.5) is 0 Å². The van der Waals surface area contributed by atoms with Crippen LogP contribution in [0.5, 0.6) is 0 Å². The van der Waals surface area contributed by atoms with Crippen molar-refractivity contribution in [1.82, 2.24) is 0 Å². The molecule has 122 valence electrons. The number of ether oxygens (including phenoxy) is 1. The summed E-state index contributed by atoms with van der Waals surface area (Å²) in [5, 5.41) is 0. The van der Waals surface area contributed by atoms with Gasteiger partial charge in [0.05, 0.1) is 12.2 Å². The molecule has 1 unspecified atom stereocenters. The van der Waals surface area contributed by atoms with Gasteiger partial charge < -0.3 is 4.74 Å². The van der Waals surface area contributed by atoms with Gasteiger partial charge in [-0.25, -0.2) is 4.79 Å². The van der Waals surface area contributed by atoms with Crippen LogP contribution in [0.3, 0.4) is 0 Å². The zero-order valence-corrected chi connectivity index (χ0v) is 14.0. The molecule has 2 nitrogen and oxygen atoms in total. The Kier molecular flexibility index (Phi) is 2.82. The van der Waals surface area contributed by atoms with Gasteiger partial charge in [-0.1, -0.05) is 31.4 Å². The molecular formula is C21H26O2. The molecule has 0 N–H and O–H groups in total. The Labute approximate surface area is 138 Å². The lowest BCUT2D eigenvalue weighted by Gasteiger charge is -2.17. The first-order chi connectivity index (χ1) is 11.2. The molecule has 0 aromatic heterocycles. The van der Waals surface area contributed by atoms with Crippen molar-refractivity contribution in [2.45, 2.75) is 57.3 Å². The maximum Gasteiger partial charge on any atom is 0.338 e. The molecule has 5 rings (SSSR count). The van der Waals surface area contributed by atoms with Gasteiger partial charge in [-0.15, -0.1) is 0 Å². The third kappa shape index (κ3) is 1.73. The molecule has 4 aliphatic rings. The molecule has 4 saturated carbocycles. The Morgan fingerprint density at radius 1 is 1.17 bits per heavy atom. The van der Waals surface area contributed by atoms with E-state index in [-0.39, 0.29) is 5.97 Å². The van der Waals surface area contributed by atoms with Crippen LogP contribution in [-0.4, -0.2) is 12.6 Å². The molecule has 4 aliphatic carbocycles. The van der Waals surface area contributed by atoms with E-state index in [2.05, 4.69) is 12.1 Å². The van der Waals surface area contributed by atoms with E-state index in [4.69, 9.17) is 4.74 Å². The van der Waals surface area contributed by atoms with Crippen LogP contribution in [-0.2, 0) is 10.2 Å². The monoisotopic (exact) mass is 310 g/mol. The fourth-order valence-electron chi connectivity index (χ4n) is 6.73. The average Bonchev–Trinajstić information content (AvgIpc) is 3.41. The largest absolute Gasteiger partial charge is 0.462 e. The third-order valence-electron chi connectivity index (χ3n) is 7.58. The summed E-state index contributed by atoms with van der Waals surface area (Å²) in [6, 6.07) is 8.42. The lowest BCUT2D eigenvalue weighted by Crippen LogP contribution is -2.14. The van der Waals surface area contributed by atoms with Crippen molar-refractivity contribution in [3.05, 3.63) is 35.4 Å². The molecule has 1 aromatic rings. The fraction of sp³-hybridized carbons (Fsp3) is 0.667. The molecule has 5 atom stereocenters. The van der Waals surface area contributed by atoms with Gasteiger partial charge in [-0.2, -0.15) is 0 Å². The van der Waals surface area contributed by atoms with Gasteiger partial charge in [0, 0.05) is 5.41 Å². The van der Waals surface area contributed by atoms with Crippen LogP contribution < -0.4 is 0 Å². The standard InChI is InChI=1S/C21H26O2/c1-2-23-19(22)14-7-9-15(10-8-14)21-13-16(21)12-20-11-5-3-4-6-17(20)18(20)21/h7-10,16-18H,2-6,11-13H2,1H3/t16-,17-,18+,20?,21-/m0/s1. The zero-order chi connectivity index (χ0) is 15.7. The van der Waals surface area contributed by atoms with Crippen LogP contribution in [0, 0.1) is 23.2 Å². The predicted molar refractivity (Wildman–Crippen MR) is 89.3 cm³/mol. The summed E-state index contributed by atoms with van der Waals surface area (Å²) in [6.45, 7) is 2.30. The van der Waals surface area contributed by atoms with E-state index in [9.17, 15) is 4.79 Å². The van der Waals surface area contributed by atoms with E-state index >= 15 is 0 Å². The number of esters is 1. The van der Waals surface area contributed by atoms with Crippen molar-refractivity contribution in [3.8, 4) is 0 Å². The van der Waals surface area contributed by atoms with Gasteiger partial charge in [0.25, 0.3) is 0 Å². The normalized spacial score (nSPS) is 42.9. The molecule has 1 spiro atoms. The van der Waals surface area contributed by atoms with E-state index in [1.807, 2.05) is 19.1 Å². The second-order valence-electron chi connectivity index (χ2n) is 8.36. The molecular weight excluding hydrogens is 284 g/mol. The molecule has 1 aromatic carbocycles. The van der Waals surface area contributed by atoms with Crippen LogP contribution in [0.1, 0.15) is 67.8 Å². The zero-order valence-electron chi connectivity index (χ0n) is 14.0. The Bertz CT molecular complexity index is 648. The molecule has 0 radical (unpaired) electrons. The summed E-state index contributed by atoms with van der Waals surface area (Å²) in [5.41, 5.74) is 3.40. The van der Waals surface area contributed by atoms with Gasteiger partial charge in [0.2, 0.25) is 0 Å². The smallest absolute Gasteiger partial charge is 0.338 e. The van der Waals surface area contributed by atoms with Crippen molar-refractivity contribution in [1.29, 1.82) is 0 Å². The summed E-state index contributed by atoms with van der Waals surface area (Å²) >= 11 is 0. The number of rotatable bonds is 3. The number of carbonyl (C=O) groups excluding carboxylic acids is 1. The minimum absolute atomic E-state index is 0.191. The van der Waals surface area contributed by atoms with Gasteiger partial charge in [0.1, 0.15) is 0 Å². The van der Waals surface area contributed by atoms with E-state index < -0.39 is 0 Å². The summed E-state index contributed by atoms with van der Waals surface area (Å²) < 4.78 is 5.11. The molecule has 0 saturated heterocycles. The van der Waals surface area contributed by atoms with Gasteiger partial charge >= 0.3 is 5.97 Å². The molecule has 0 amide bonds. The Balaban J connectivity index is 1.42. The quantitative estimate of drug-likeness (QED) is 0.755. The Morgan fingerprint density at radius 3 is 2.78 bits per heavy atom. The minimum Gasteiger partial charge on any atom is -0.462 e. The van der Waals surface area contributed by atoms with E-state index in [0.29, 0.717) is 17.6 Å². The van der Waals surface area contributed by atoms with Crippen molar-refractivity contribution < 1.29 is 9.53 Å². The Hall–Kier alpha value is -1.31. The predicted octanol–water partition coefficient (Wildman–Crippen LogP) is 4.72. The summed E-state index contributed by atoms with van der Waals surface area (Å²) in [7, 11) is 0. The summed E-state index contributed by atoms with van der Waals surface area (Å²) in [4.78, 5) is 11.9. The topological polar surface area (TPSA) is 26.3 Å². The molecule has 0 aliphatic heterocycles. The van der Waals surface area contributed by atoms with E-state index in [1.165, 1.54) is 50.5 Å². The molecule has 0 heterocycles. The lowest BCUT2D eigenvalue weighted by molar-refractivity contribution is 0.0526. The second kappa shape index (κ2) is 4.62. The molecule has 2 heteroatoms. The first-order valence-corrected chi connectivity index (χ1v) is 9.50. The van der Waals surface area contributed by atoms with Crippen molar-refractivity contribution in [2.24, 2.45) is 23.2 Å². The van der Waals surface area contributed by atoms with Crippen LogP contribution in [0.25, 0.3) is 0 Å². The highest BCUT2D eigenvalue weighted by atomic mass is 16.5. The fourth-order valence-corrected chi connectivity index (χ4v) is 6.73. The summed E-state index contributed by atoms with van der Waals surface area (Å²) in [6.07, 6.45) is 10.2. The first-order valence-electron chi connectivity index (χ1n) is 9.50. The van der Waals surface area contributed by atoms with E-state index in [1.54, 1.807) is 0 Å². The van der Waals surface area contributed by atoms with Gasteiger partial charge in [-0.05, 0) is 73.5 Å². The van der Waals surface area contributed by atoms with Crippen molar-refractivity contribution >= 4 is 5.97 Å². The molecule has 4 fully saturated rings. The number of hydrogen-bond acceptors (Lipinski definition) is 2. The highest BCUT2D eigenvalue weighted by molar-refractivity contribution is 5.89. The molecule has 23 heavy (non-hydrogen) atoms. The van der Waals surface area contributed by atoms with Crippen LogP contribution in [0.15, 0.2) is 24.3 Å². The third-order valence-corrected chi connectivity index (χ3v) is 7.58. The Morgan fingerprint density at radius 2 is 2.00 bits per heavy atom. The van der Waals surface area contributed by atoms with E-state index in [0.717, 1.165) is 23.2 Å². The maximum absolute atomic E-state index is 11.9. The first kappa shape index (κ1) is 14.1. The highest BCUT2D eigenvalue weighted by Crippen LogP contribution is 2.88. The van der Waals surface area contributed by atoms with Gasteiger partial charge in [-0.3, -0.25) is 0 Å². The number of benzene rings is 1. The SMILES string of the molecule is CCOC(=O)c1ccc([C@@]23C[C@@H]2CC24CCCCC[C@H]2[C@H]43)cc1. The minimum atomic E-state index is -0.191. The number of carbonyl (C=O) groups is 1. The molecule has 0 bridgehead atoms. The lowest BCUT2D eigenvalue weighted by atomic mass is 9.87. The van der Waals surface area contributed by atoms with Crippen molar-refractivity contribution in [3.63, 3.8) is 0 Å². The summed E-state index contributed by atoms with van der Waals surface area (Å²) in [5.74, 6) is 2.70. The highest BCUT2D eigenvalue weighted by Gasteiger charge is 2.83. The van der Waals surface area contributed by atoms with Crippen LogP contribution in [0.2, 0.25) is 0 Å².